The minimum Gasteiger partial charge on any atom is -0.479 e. The molecule has 0 aromatic heterocycles. The average Bonchev–Trinajstić information content (AvgIpc) is 2.33. The molecule has 20 heavy (non-hydrogen) atoms. The number of nitrogens with zero attached hydrogens (tertiary/aromatic N) is 1. The van der Waals surface area contributed by atoms with Crippen molar-refractivity contribution in [2.75, 3.05) is 29.9 Å². The molecule has 1 unspecified atom stereocenters. The first-order valence-electron chi connectivity index (χ1n) is 5.85. The monoisotopic (exact) mass is 290 g/mol. The van der Waals surface area contributed by atoms with Crippen molar-refractivity contribution in [2.45, 2.75) is 12.0 Å². The molecule has 1 heterocycles. The summed E-state index contributed by atoms with van der Waals surface area (Å²) in [7, 11) is 0. The number of carboxylic acids is 1. The molecule has 1 atom stereocenters. The second kappa shape index (κ2) is 5.20. The van der Waals surface area contributed by atoms with E-state index in [9.17, 15) is 18.0 Å². The van der Waals surface area contributed by atoms with Crippen molar-refractivity contribution in [1.29, 1.82) is 0 Å². The lowest BCUT2D eigenvalue weighted by atomic mass is 10.1. The lowest BCUT2D eigenvalue weighted by Crippen LogP contribution is -2.56. The summed E-state index contributed by atoms with van der Waals surface area (Å²) in [5.41, 5.74) is 0.332. The largest absolute Gasteiger partial charge is 0.479 e. The number of aliphatic carboxylic acids is 1. The van der Waals surface area contributed by atoms with Crippen molar-refractivity contribution in [3.05, 3.63) is 24.0 Å². The number of rotatable bonds is 5. The fourth-order valence-corrected chi connectivity index (χ4v) is 1.86. The zero-order valence-corrected chi connectivity index (χ0v) is 10.3. The van der Waals surface area contributed by atoms with E-state index in [-0.39, 0.29) is 17.9 Å². The van der Waals surface area contributed by atoms with Crippen LogP contribution in [0.3, 0.4) is 0 Å². The van der Waals surface area contributed by atoms with E-state index in [1.807, 2.05) is 0 Å². The van der Waals surface area contributed by atoms with E-state index in [4.69, 9.17) is 10.2 Å². The van der Waals surface area contributed by atoms with Crippen LogP contribution in [-0.2, 0) is 4.79 Å². The van der Waals surface area contributed by atoms with Gasteiger partial charge in [0.15, 0.2) is 6.10 Å². The predicted molar refractivity (Wildman–Crippen MR) is 65.7 cm³/mol. The van der Waals surface area contributed by atoms with Crippen molar-refractivity contribution in [2.24, 2.45) is 0 Å². The van der Waals surface area contributed by atoms with Crippen molar-refractivity contribution in [3.8, 4) is 0 Å². The molecule has 0 aliphatic carbocycles. The number of benzene rings is 1. The Morgan fingerprint density at radius 3 is 2.60 bits per heavy atom. The molecule has 0 radical (unpaired) electrons. The van der Waals surface area contributed by atoms with Crippen LogP contribution in [0.4, 0.5) is 24.5 Å². The Bertz CT molecular complexity index is 517. The quantitative estimate of drug-likeness (QED) is 0.758. The highest BCUT2D eigenvalue weighted by molar-refractivity contribution is 5.72. The van der Waals surface area contributed by atoms with E-state index in [2.05, 4.69) is 5.32 Å². The Morgan fingerprint density at radius 2 is 2.10 bits per heavy atom. The van der Waals surface area contributed by atoms with Crippen molar-refractivity contribution >= 4 is 17.3 Å². The molecule has 5 nitrogen and oxygen atoms in total. The Balaban J connectivity index is 1.98. The molecule has 1 fully saturated rings. The van der Waals surface area contributed by atoms with Gasteiger partial charge < -0.3 is 20.4 Å². The number of alkyl halides is 2. The van der Waals surface area contributed by atoms with Crippen LogP contribution in [0.15, 0.2) is 18.2 Å². The average molecular weight is 290 g/mol. The number of anilines is 2. The number of aliphatic hydroxyl groups excluding tert-OH is 1. The highest BCUT2D eigenvalue weighted by atomic mass is 19.3. The van der Waals surface area contributed by atoms with Crippen LogP contribution in [0.25, 0.3) is 0 Å². The Hall–Kier alpha value is -1.96. The first kappa shape index (κ1) is 14.4. The van der Waals surface area contributed by atoms with Gasteiger partial charge in [-0.25, -0.2) is 18.0 Å². The van der Waals surface area contributed by atoms with Crippen LogP contribution in [0, 0.1) is 5.82 Å². The fraction of sp³-hybridized carbons (Fsp3) is 0.417. The maximum Gasteiger partial charge on any atom is 0.334 e. The summed E-state index contributed by atoms with van der Waals surface area (Å²) in [6.07, 6.45) is -1.60. The third-order valence-corrected chi connectivity index (χ3v) is 2.92. The number of carboxylic acid groups (broad SMARTS) is 1. The number of hydrogen-bond donors (Lipinski definition) is 3. The molecule has 0 bridgehead atoms. The van der Waals surface area contributed by atoms with Crippen molar-refractivity contribution < 1.29 is 28.2 Å². The molecule has 8 heteroatoms. The summed E-state index contributed by atoms with van der Waals surface area (Å²) >= 11 is 0. The van der Waals surface area contributed by atoms with Crippen LogP contribution in [0.1, 0.15) is 0 Å². The maximum absolute atomic E-state index is 13.8. The summed E-state index contributed by atoms with van der Waals surface area (Å²) in [5.74, 6) is -4.86. The lowest BCUT2D eigenvalue weighted by molar-refractivity contribution is -0.145. The zero-order valence-electron chi connectivity index (χ0n) is 10.3. The highest BCUT2D eigenvalue weighted by Crippen LogP contribution is 2.34. The van der Waals surface area contributed by atoms with Crippen molar-refractivity contribution in [3.63, 3.8) is 0 Å². The van der Waals surface area contributed by atoms with Gasteiger partial charge in [0.1, 0.15) is 5.82 Å². The molecule has 1 aromatic carbocycles. The predicted octanol–water partition coefficient (Wildman–Crippen LogP) is 1.14. The number of aliphatic hydroxyl groups is 1. The normalized spacial score (nSPS) is 18.3. The molecule has 1 aliphatic heterocycles. The van der Waals surface area contributed by atoms with E-state index in [0.29, 0.717) is 0 Å². The minimum atomic E-state index is -2.78. The van der Waals surface area contributed by atoms with Crippen LogP contribution in [0.2, 0.25) is 0 Å². The Labute approximate surface area is 112 Å². The zero-order chi connectivity index (χ0) is 14.9. The van der Waals surface area contributed by atoms with Gasteiger partial charge in [-0.2, -0.15) is 0 Å². The molecular formula is C12H13F3N2O3. The SMILES string of the molecule is O=C(O)C(O)CNc1ccc(N2CC(F)(F)C2)c(F)c1. The van der Waals surface area contributed by atoms with Crippen LogP contribution >= 0.6 is 0 Å². The third kappa shape index (κ3) is 3.13. The third-order valence-electron chi connectivity index (χ3n) is 2.92. The minimum absolute atomic E-state index is 0.0697. The van der Waals surface area contributed by atoms with Gasteiger partial charge in [0.25, 0.3) is 5.92 Å². The molecule has 0 saturated carbocycles. The smallest absolute Gasteiger partial charge is 0.334 e. The first-order chi connectivity index (χ1) is 9.28. The molecule has 1 aromatic rings. The van der Waals surface area contributed by atoms with Gasteiger partial charge in [0, 0.05) is 5.69 Å². The first-order valence-corrected chi connectivity index (χ1v) is 5.85. The molecule has 3 N–H and O–H groups in total. The standard InChI is InChI=1S/C12H13F3N2O3/c13-8-3-7(16-4-10(18)11(19)20)1-2-9(8)17-5-12(14,15)6-17/h1-3,10,16,18H,4-6H2,(H,19,20). The second-order valence-corrected chi connectivity index (χ2v) is 4.61. The molecule has 1 saturated heterocycles. The second-order valence-electron chi connectivity index (χ2n) is 4.61. The summed E-state index contributed by atoms with van der Waals surface area (Å²) in [4.78, 5) is 11.6. The van der Waals surface area contributed by atoms with Crippen LogP contribution < -0.4 is 10.2 Å². The van der Waals surface area contributed by atoms with E-state index < -0.39 is 36.9 Å². The van der Waals surface area contributed by atoms with E-state index in [1.165, 1.54) is 17.0 Å². The molecule has 0 spiro atoms. The van der Waals surface area contributed by atoms with E-state index in [0.717, 1.165) is 6.07 Å². The molecule has 0 amide bonds. The number of halogens is 3. The summed E-state index contributed by atoms with van der Waals surface area (Å²) < 4.78 is 39.2. The molecule has 2 rings (SSSR count). The van der Waals surface area contributed by atoms with Gasteiger partial charge in [-0.3, -0.25) is 0 Å². The summed E-state index contributed by atoms with van der Waals surface area (Å²) in [6, 6.07) is 3.84. The number of hydrogen-bond acceptors (Lipinski definition) is 4. The highest BCUT2D eigenvalue weighted by Gasteiger charge is 2.44. The fourth-order valence-electron chi connectivity index (χ4n) is 1.86. The Kier molecular flexibility index (Phi) is 3.76. The van der Waals surface area contributed by atoms with Gasteiger partial charge in [0.2, 0.25) is 0 Å². The summed E-state index contributed by atoms with van der Waals surface area (Å²) in [5, 5.41) is 20.1. The van der Waals surface area contributed by atoms with Gasteiger partial charge in [-0.15, -0.1) is 0 Å². The van der Waals surface area contributed by atoms with Crippen LogP contribution in [0.5, 0.6) is 0 Å². The van der Waals surface area contributed by atoms with Crippen molar-refractivity contribution in [1.82, 2.24) is 0 Å². The lowest BCUT2D eigenvalue weighted by Gasteiger charge is -2.40. The Morgan fingerprint density at radius 1 is 1.45 bits per heavy atom. The number of carbonyl (C=O) groups is 1. The van der Waals surface area contributed by atoms with Crippen LogP contribution in [-0.4, -0.2) is 47.8 Å². The molecule has 110 valence electrons. The van der Waals surface area contributed by atoms with Gasteiger partial charge in [-0.05, 0) is 18.2 Å². The number of nitrogens with one attached hydrogen (secondary N) is 1. The summed E-state index contributed by atoms with van der Waals surface area (Å²) in [6.45, 7) is -1.32. The molecular weight excluding hydrogens is 277 g/mol. The topological polar surface area (TPSA) is 72.8 Å². The van der Waals surface area contributed by atoms with Gasteiger partial charge >= 0.3 is 5.97 Å². The maximum atomic E-state index is 13.8. The molecule has 1 aliphatic rings. The van der Waals surface area contributed by atoms with Gasteiger partial charge in [-0.1, -0.05) is 0 Å². The van der Waals surface area contributed by atoms with Gasteiger partial charge in [0.05, 0.1) is 25.3 Å². The van der Waals surface area contributed by atoms with E-state index >= 15 is 0 Å². The van der Waals surface area contributed by atoms with E-state index in [1.54, 1.807) is 0 Å².